The van der Waals surface area contributed by atoms with E-state index in [9.17, 15) is 10.1 Å². The molecule has 17 heavy (non-hydrogen) atoms. The average molecular weight is 315 g/mol. The van der Waals surface area contributed by atoms with Gasteiger partial charge in [-0.25, -0.2) is 4.98 Å². The van der Waals surface area contributed by atoms with Gasteiger partial charge in [0.2, 0.25) is 0 Å². The quantitative estimate of drug-likeness (QED) is 0.641. The Labute approximate surface area is 109 Å². The van der Waals surface area contributed by atoms with Crippen molar-refractivity contribution < 1.29 is 9.66 Å². The van der Waals surface area contributed by atoms with E-state index in [4.69, 9.17) is 4.74 Å². The Bertz CT molecular complexity index is 530. The highest BCUT2D eigenvalue weighted by molar-refractivity contribution is 9.10. The molecular formula is C10H7BrN2O3S. The van der Waals surface area contributed by atoms with Gasteiger partial charge in [-0.05, 0) is 28.1 Å². The third kappa shape index (κ3) is 3.01. The summed E-state index contributed by atoms with van der Waals surface area (Å²) in [5, 5.41) is 13.4. The zero-order valence-electron chi connectivity index (χ0n) is 8.50. The van der Waals surface area contributed by atoms with Crippen LogP contribution in [0.3, 0.4) is 0 Å². The van der Waals surface area contributed by atoms with Crippen LogP contribution in [0.5, 0.6) is 5.75 Å². The standard InChI is InChI=1S/C10H7BrN2O3S/c11-8-2-1-7(5-9(8)13(14)15)16-6-10-12-3-4-17-10/h1-5H,6H2. The average Bonchev–Trinajstić information content (AvgIpc) is 2.80. The van der Waals surface area contributed by atoms with E-state index in [2.05, 4.69) is 20.9 Å². The first-order valence-electron chi connectivity index (χ1n) is 4.62. The molecule has 0 spiro atoms. The summed E-state index contributed by atoms with van der Waals surface area (Å²) in [6.45, 7) is 0.316. The fraction of sp³-hybridized carbons (Fsp3) is 0.100. The number of nitro benzene ring substituents is 1. The van der Waals surface area contributed by atoms with Gasteiger partial charge in [0, 0.05) is 11.6 Å². The molecule has 0 radical (unpaired) electrons. The maximum absolute atomic E-state index is 10.7. The molecule has 2 rings (SSSR count). The van der Waals surface area contributed by atoms with Crippen molar-refractivity contribution in [3.8, 4) is 5.75 Å². The van der Waals surface area contributed by atoms with E-state index in [1.807, 2.05) is 5.38 Å². The lowest BCUT2D eigenvalue weighted by Gasteiger charge is -2.04. The minimum Gasteiger partial charge on any atom is -0.486 e. The molecule has 1 aromatic heterocycles. The number of benzene rings is 1. The summed E-state index contributed by atoms with van der Waals surface area (Å²) in [6.07, 6.45) is 1.69. The van der Waals surface area contributed by atoms with Crippen LogP contribution in [0.15, 0.2) is 34.2 Å². The first-order chi connectivity index (χ1) is 8.16. The van der Waals surface area contributed by atoms with E-state index in [1.165, 1.54) is 17.4 Å². The maximum Gasteiger partial charge on any atom is 0.287 e. The van der Waals surface area contributed by atoms with Crippen molar-refractivity contribution in [2.75, 3.05) is 0 Å². The third-order valence-corrected chi connectivity index (χ3v) is 3.38. The number of halogens is 1. The van der Waals surface area contributed by atoms with Crippen LogP contribution >= 0.6 is 27.3 Å². The highest BCUT2D eigenvalue weighted by atomic mass is 79.9. The molecule has 7 heteroatoms. The highest BCUT2D eigenvalue weighted by Gasteiger charge is 2.13. The normalized spacial score (nSPS) is 10.2. The summed E-state index contributed by atoms with van der Waals surface area (Å²) in [5.41, 5.74) is -0.0124. The first kappa shape index (κ1) is 12.0. The zero-order valence-corrected chi connectivity index (χ0v) is 10.9. The Balaban J connectivity index is 2.11. The Morgan fingerprint density at radius 1 is 1.53 bits per heavy atom. The van der Waals surface area contributed by atoms with E-state index in [0.29, 0.717) is 16.8 Å². The monoisotopic (exact) mass is 314 g/mol. The van der Waals surface area contributed by atoms with Gasteiger partial charge in [-0.1, -0.05) is 0 Å². The van der Waals surface area contributed by atoms with Gasteiger partial charge in [-0.3, -0.25) is 10.1 Å². The van der Waals surface area contributed by atoms with Crippen molar-refractivity contribution in [1.29, 1.82) is 0 Å². The molecule has 0 aliphatic rings. The van der Waals surface area contributed by atoms with Gasteiger partial charge in [0.1, 0.15) is 17.4 Å². The molecule has 0 bridgehead atoms. The van der Waals surface area contributed by atoms with Gasteiger partial charge in [0.25, 0.3) is 5.69 Å². The number of nitro groups is 1. The second-order valence-corrected chi connectivity index (χ2v) is 4.92. The molecule has 0 fully saturated rings. The Hall–Kier alpha value is -1.47. The topological polar surface area (TPSA) is 65.3 Å². The van der Waals surface area contributed by atoms with Crippen molar-refractivity contribution in [1.82, 2.24) is 4.98 Å². The molecule has 0 aliphatic carbocycles. The van der Waals surface area contributed by atoms with Crippen LogP contribution in [0.1, 0.15) is 5.01 Å². The van der Waals surface area contributed by atoms with E-state index in [0.717, 1.165) is 5.01 Å². The summed E-state index contributed by atoms with van der Waals surface area (Å²) in [4.78, 5) is 14.3. The lowest BCUT2D eigenvalue weighted by molar-refractivity contribution is -0.385. The molecule has 0 saturated carbocycles. The van der Waals surface area contributed by atoms with Crippen molar-refractivity contribution >= 4 is 33.0 Å². The zero-order chi connectivity index (χ0) is 12.3. The second kappa shape index (κ2) is 5.24. The third-order valence-electron chi connectivity index (χ3n) is 1.96. The summed E-state index contributed by atoms with van der Waals surface area (Å²) >= 11 is 4.59. The summed E-state index contributed by atoms with van der Waals surface area (Å²) < 4.78 is 5.85. The smallest absolute Gasteiger partial charge is 0.287 e. The largest absolute Gasteiger partial charge is 0.486 e. The van der Waals surface area contributed by atoms with Gasteiger partial charge >= 0.3 is 0 Å². The highest BCUT2D eigenvalue weighted by Crippen LogP contribution is 2.29. The molecule has 0 atom stereocenters. The van der Waals surface area contributed by atoms with Crippen LogP contribution in [-0.2, 0) is 6.61 Å². The number of hydrogen-bond acceptors (Lipinski definition) is 5. The van der Waals surface area contributed by atoms with Gasteiger partial charge in [0.15, 0.2) is 0 Å². The predicted molar refractivity (Wildman–Crippen MR) is 67.2 cm³/mol. The Morgan fingerprint density at radius 2 is 2.35 bits per heavy atom. The maximum atomic E-state index is 10.7. The van der Waals surface area contributed by atoms with Crippen molar-refractivity contribution in [3.05, 3.63) is 49.4 Å². The van der Waals surface area contributed by atoms with E-state index in [1.54, 1.807) is 18.3 Å². The minimum atomic E-state index is -0.458. The van der Waals surface area contributed by atoms with Crippen LogP contribution < -0.4 is 4.74 Å². The summed E-state index contributed by atoms with van der Waals surface area (Å²) in [5.74, 6) is 0.454. The van der Waals surface area contributed by atoms with Crippen LogP contribution in [0, 0.1) is 10.1 Å². The molecule has 1 aromatic carbocycles. The van der Waals surface area contributed by atoms with Crippen molar-refractivity contribution in [2.45, 2.75) is 6.61 Å². The summed E-state index contributed by atoms with van der Waals surface area (Å²) in [7, 11) is 0. The lowest BCUT2D eigenvalue weighted by atomic mass is 10.3. The van der Waals surface area contributed by atoms with Gasteiger partial charge in [0.05, 0.1) is 15.5 Å². The van der Waals surface area contributed by atoms with E-state index in [-0.39, 0.29) is 5.69 Å². The number of ether oxygens (including phenoxy) is 1. The minimum absolute atomic E-state index is 0.0124. The second-order valence-electron chi connectivity index (χ2n) is 3.08. The number of nitrogens with zero attached hydrogens (tertiary/aromatic N) is 2. The van der Waals surface area contributed by atoms with Crippen molar-refractivity contribution in [2.24, 2.45) is 0 Å². The Morgan fingerprint density at radius 3 is 3.00 bits per heavy atom. The lowest BCUT2D eigenvalue weighted by Crippen LogP contribution is -1.96. The molecule has 88 valence electrons. The van der Waals surface area contributed by atoms with Gasteiger partial charge in [-0.15, -0.1) is 11.3 Å². The van der Waals surface area contributed by atoms with Gasteiger partial charge < -0.3 is 4.74 Å². The SMILES string of the molecule is O=[N+]([O-])c1cc(OCc2nccs2)ccc1Br. The number of hydrogen-bond donors (Lipinski definition) is 0. The number of rotatable bonds is 4. The predicted octanol–water partition coefficient (Wildman–Crippen LogP) is 3.39. The molecule has 2 aromatic rings. The van der Waals surface area contributed by atoms with Crippen LogP contribution in [-0.4, -0.2) is 9.91 Å². The first-order valence-corrected chi connectivity index (χ1v) is 6.29. The van der Waals surface area contributed by atoms with Crippen LogP contribution in [0.2, 0.25) is 0 Å². The van der Waals surface area contributed by atoms with E-state index >= 15 is 0 Å². The van der Waals surface area contributed by atoms with Crippen LogP contribution in [0.4, 0.5) is 5.69 Å². The van der Waals surface area contributed by atoms with Crippen molar-refractivity contribution in [3.63, 3.8) is 0 Å². The molecule has 0 unspecified atom stereocenters. The molecular weight excluding hydrogens is 308 g/mol. The van der Waals surface area contributed by atoms with Gasteiger partial charge in [-0.2, -0.15) is 0 Å². The fourth-order valence-electron chi connectivity index (χ4n) is 1.19. The summed E-state index contributed by atoms with van der Waals surface area (Å²) in [6, 6.07) is 4.65. The molecule has 1 heterocycles. The fourth-order valence-corrected chi connectivity index (χ4v) is 2.11. The molecule has 0 saturated heterocycles. The Kier molecular flexibility index (Phi) is 3.70. The molecule has 0 amide bonds. The number of thiazole rings is 1. The van der Waals surface area contributed by atoms with E-state index < -0.39 is 4.92 Å². The number of aromatic nitrogens is 1. The molecule has 0 N–H and O–H groups in total. The molecule has 0 aliphatic heterocycles. The van der Waals surface area contributed by atoms with Crippen LogP contribution in [0.25, 0.3) is 0 Å². The molecule has 5 nitrogen and oxygen atoms in total.